The fourth-order valence-electron chi connectivity index (χ4n) is 3.87. The topological polar surface area (TPSA) is 44.9 Å². The molecule has 26 heavy (non-hydrogen) atoms. The van der Waals surface area contributed by atoms with Crippen molar-refractivity contribution in [1.82, 2.24) is 10.3 Å². The minimum absolute atomic E-state index is 0.0556. The number of carbonyl (C=O) groups is 1. The molecule has 1 atom stereocenters. The van der Waals surface area contributed by atoms with Crippen molar-refractivity contribution in [1.29, 1.82) is 0 Å². The lowest BCUT2D eigenvalue weighted by Crippen LogP contribution is -2.39. The molecule has 134 valence electrons. The van der Waals surface area contributed by atoms with Crippen LogP contribution in [0, 0.1) is 12.7 Å². The molecule has 0 bridgehead atoms. The summed E-state index contributed by atoms with van der Waals surface area (Å²) in [6.07, 6.45) is 2.58. The van der Waals surface area contributed by atoms with E-state index in [2.05, 4.69) is 10.3 Å². The summed E-state index contributed by atoms with van der Waals surface area (Å²) < 4.78 is 13.7. The maximum atomic E-state index is 13.7. The van der Waals surface area contributed by atoms with Gasteiger partial charge < -0.3 is 10.3 Å². The minimum Gasteiger partial charge on any atom is -0.358 e. The van der Waals surface area contributed by atoms with Crippen LogP contribution in [-0.4, -0.2) is 16.9 Å². The van der Waals surface area contributed by atoms with Crippen LogP contribution in [0.2, 0.25) is 5.02 Å². The molecule has 1 aromatic heterocycles. The number of amides is 1. The highest BCUT2D eigenvalue weighted by Gasteiger charge is 2.24. The number of aromatic nitrogens is 1. The first-order chi connectivity index (χ1) is 12.5. The summed E-state index contributed by atoms with van der Waals surface area (Å²) in [6.45, 7) is 2.05. The highest BCUT2D eigenvalue weighted by molar-refractivity contribution is 6.31. The average molecular weight is 371 g/mol. The van der Waals surface area contributed by atoms with E-state index >= 15 is 0 Å². The molecule has 1 heterocycles. The average Bonchev–Trinajstić information content (AvgIpc) is 2.95. The first-order valence-corrected chi connectivity index (χ1v) is 9.21. The van der Waals surface area contributed by atoms with Gasteiger partial charge in [-0.3, -0.25) is 4.79 Å². The zero-order valence-electron chi connectivity index (χ0n) is 14.5. The molecule has 1 amide bonds. The Kier molecular flexibility index (Phi) is 4.45. The van der Waals surface area contributed by atoms with Crippen LogP contribution in [0.4, 0.5) is 4.39 Å². The first kappa shape index (κ1) is 17.1. The third kappa shape index (κ3) is 3.21. The lowest BCUT2D eigenvalue weighted by atomic mass is 9.91. The molecule has 0 unspecified atom stereocenters. The molecule has 0 aliphatic heterocycles. The van der Waals surface area contributed by atoms with Gasteiger partial charge in [0.05, 0.1) is 6.42 Å². The summed E-state index contributed by atoms with van der Waals surface area (Å²) in [5.74, 6) is -0.479. The Morgan fingerprint density at radius 2 is 2.15 bits per heavy atom. The highest BCUT2D eigenvalue weighted by Crippen LogP contribution is 2.33. The largest absolute Gasteiger partial charge is 0.358 e. The Morgan fingerprint density at radius 1 is 1.35 bits per heavy atom. The van der Waals surface area contributed by atoms with Crippen LogP contribution in [0.15, 0.2) is 36.4 Å². The molecule has 0 fully saturated rings. The smallest absolute Gasteiger partial charge is 0.224 e. The summed E-state index contributed by atoms with van der Waals surface area (Å²) >= 11 is 6.23. The van der Waals surface area contributed by atoms with Crippen LogP contribution >= 0.6 is 11.6 Å². The van der Waals surface area contributed by atoms with E-state index in [9.17, 15) is 9.18 Å². The van der Waals surface area contributed by atoms with Crippen molar-refractivity contribution in [2.24, 2.45) is 0 Å². The standard InChI is InChI=1S/C21H20ClFN2O/c1-12-8-14(22)10-17-16-11-15(6-7-19(16)25-21(12)17)24-20(26)9-13-4-2-3-5-18(13)23/h2-5,8,10,15,25H,6-7,9,11H2,1H3,(H,24,26)/t15-/m1/s1. The van der Waals surface area contributed by atoms with Crippen LogP contribution in [0.5, 0.6) is 0 Å². The second kappa shape index (κ2) is 6.76. The molecule has 1 aliphatic carbocycles. The fourth-order valence-corrected chi connectivity index (χ4v) is 4.14. The van der Waals surface area contributed by atoms with Crippen molar-refractivity contribution in [3.05, 3.63) is 69.6 Å². The lowest BCUT2D eigenvalue weighted by Gasteiger charge is -2.23. The van der Waals surface area contributed by atoms with Gasteiger partial charge in [0, 0.05) is 27.7 Å². The molecular formula is C21H20ClFN2O. The van der Waals surface area contributed by atoms with Gasteiger partial charge in [-0.2, -0.15) is 0 Å². The van der Waals surface area contributed by atoms with Gasteiger partial charge in [-0.25, -0.2) is 4.39 Å². The summed E-state index contributed by atoms with van der Waals surface area (Å²) in [6, 6.07) is 10.4. The Hall–Kier alpha value is -2.33. The first-order valence-electron chi connectivity index (χ1n) is 8.83. The molecular weight excluding hydrogens is 351 g/mol. The van der Waals surface area contributed by atoms with E-state index in [1.165, 1.54) is 17.3 Å². The number of nitrogens with one attached hydrogen (secondary N) is 2. The van der Waals surface area contributed by atoms with Crippen molar-refractivity contribution in [3.8, 4) is 0 Å². The number of carbonyl (C=O) groups excluding carboxylic acids is 1. The summed E-state index contributed by atoms with van der Waals surface area (Å²) in [5.41, 5.74) is 5.13. The molecule has 2 aromatic carbocycles. The zero-order chi connectivity index (χ0) is 18.3. The molecule has 0 radical (unpaired) electrons. The predicted molar refractivity (Wildman–Crippen MR) is 102 cm³/mol. The zero-order valence-corrected chi connectivity index (χ0v) is 15.3. The van der Waals surface area contributed by atoms with Crippen LogP contribution < -0.4 is 5.32 Å². The lowest BCUT2D eigenvalue weighted by molar-refractivity contribution is -0.121. The van der Waals surface area contributed by atoms with Gasteiger partial charge in [-0.05, 0) is 61.1 Å². The number of aromatic amines is 1. The number of benzene rings is 2. The van der Waals surface area contributed by atoms with E-state index in [-0.39, 0.29) is 24.2 Å². The van der Waals surface area contributed by atoms with Gasteiger partial charge in [0.25, 0.3) is 0 Å². The molecule has 4 rings (SSSR count). The van der Waals surface area contributed by atoms with Gasteiger partial charge in [0.15, 0.2) is 0 Å². The molecule has 2 N–H and O–H groups in total. The minimum atomic E-state index is -0.338. The quantitative estimate of drug-likeness (QED) is 0.701. The Labute approximate surface area is 156 Å². The number of H-pyrrole nitrogens is 1. The second-order valence-electron chi connectivity index (χ2n) is 7.00. The van der Waals surface area contributed by atoms with Gasteiger partial charge in [-0.15, -0.1) is 0 Å². The van der Waals surface area contributed by atoms with Crippen molar-refractivity contribution >= 4 is 28.4 Å². The van der Waals surface area contributed by atoms with E-state index < -0.39 is 0 Å². The predicted octanol–water partition coefficient (Wildman–Crippen LogP) is 4.49. The van der Waals surface area contributed by atoms with Crippen LogP contribution in [0.25, 0.3) is 10.9 Å². The van der Waals surface area contributed by atoms with Gasteiger partial charge in [-0.1, -0.05) is 29.8 Å². The highest BCUT2D eigenvalue weighted by atomic mass is 35.5. The van der Waals surface area contributed by atoms with Crippen LogP contribution in [-0.2, 0) is 24.1 Å². The molecule has 1 aliphatic rings. The molecule has 0 saturated carbocycles. The number of halogens is 2. The number of hydrogen-bond donors (Lipinski definition) is 2. The Balaban J connectivity index is 1.51. The number of fused-ring (bicyclic) bond motifs is 3. The van der Waals surface area contributed by atoms with E-state index in [1.807, 2.05) is 19.1 Å². The van der Waals surface area contributed by atoms with Crippen LogP contribution in [0.3, 0.4) is 0 Å². The van der Waals surface area contributed by atoms with Crippen molar-refractivity contribution in [2.75, 3.05) is 0 Å². The van der Waals surface area contributed by atoms with E-state index in [1.54, 1.807) is 18.2 Å². The summed E-state index contributed by atoms with van der Waals surface area (Å²) in [4.78, 5) is 15.9. The third-order valence-corrected chi connectivity index (χ3v) is 5.35. The summed E-state index contributed by atoms with van der Waals surface area (Å²) in [5, 5.41) is 4.93. The molecule has 0 spiro atoms. The van der Waals surface area contributed by atoms with Crippen molar-refractivity contribution < 1.29 is 9.18 Å². The molecule has 3 aromatic rings. The van der Waals surface area contributed by atoms with Gasteiger partial charge in [0.2, 0.25) is 5.91 Å². The third-order valence-electron chi connectivity index (χ3n) is 5.13. The number of aryl methyl sites for hydroxylation is 2. The summed E-state index contributed by atoms with van der Waals surface area (Å²) in [7, 11) is 0. The van der Waals surface area contributed by atoms with E-state index in [0.717, 1.165) is 40.8 Å². The molecule has 3 nitrogen and oxygen atoms in total. The van der Waals surface area contributed by atoms with Crippen LogP contribution in [0.1, 0.15) is 28.8 Å². The Bertz CT molecular complexity index is 995. The maximum absolute atomic E-state index is 13.7. The Morgan fingerprint density at radius 3 is 2.96 bits per heavy atom. The van der Waals surface area contributed by atoms with Gasteiger partial charge >= 0.3 is 0 Å². The maximum Gasteiger partial charge on any atom is 0.224 e. The molecule has 0 saturated heterocycles. The van der Waals surface area contributed by atoms with E-state index in [4.69, 9.17) is 11.6 Å². The van der Waals surface area contributed by atoms with E-state index in [0.29, 0.717) is 5.56 Å². The number of rotatable bonds is 3. The van der Waals surface area contributed by atoms with Crippen molar-refractivity contribution in [3.63, 3.8) is 0 Å². The SMILES string of the molecule is Cc1cc(Cl)cc2c3c([nH]c12)CC[C@@H](NC(=O)Cc1ccccc1F)C3. The normalized spacial score (nSPS) is 16.5. The monoisotopic (exact) mass is 370 g/mol. The molecule has 5 heteroatoms. The van der Waals surface area contributed by atoms with Gasteiger partial charge in [0.1, 0.15) is 5.82 Å². The second-order valence-corrected chi connectivity index (χ2v) is 7.44. The number of hydrogen-bond acceptors (Lipinski definition) is 1. The fraction of sp³-hybridized carbons (Fsp3) is 0.286. The van der Waals surface area contributed by atoms with Crippen molar-refractivity contribution in [2.45, 2.75) is 38.6 Å².